The molecule has 1 aliphatic rings. The van der Waals surface area contributed by atoms with Gasteiger partial charge in [-0.3, -0.25) is 0 Å². The van der Waals surface area contributed by atoms with Crippen molar-refractivity contribution in [3.05, 3.63) is 50.9 Å². The molecule has 0 fully saturated rings. The zero-order chi connectivity index (χ0) is 19.4. The number of ether oxygens (including phenoxy) is 4. The van der Waals surface area contributed by atoms with Gasteiger partial charge in [0.15, 0.2) is 11.5 Å². The van der Waals surface area contributed by atoms with E-state index in [1.807, 2.05) is 43.3 Å². The minimum atomic E-state index is 0.307. The molecule has 3 rings (SSSR count). The highest BCUT2D eigenvalue weighted by Gasteiger charge is 2.18. The van der Waals surface area contributed by atoms with E-state index in [-0.39, 0.29) is 0 Å². The molecule has 144 valence electrons. The Kier molecular flexibility index (Phi) is 6.71. The zero-order valence-electron chi connectivity index (χ0n) is 15.6. The van der Waals surface area contributed by atoms with Gasteiger partial charge in [0.05, 0.1) is 3.39 Å². The van der Waals surface area contributed by atoms with Crippen molar-refractivity contribution in [1.29, 1.82) is 0 Å². The molecule has 27 heavy (non-hydrogen) atoms. The highest BCUT2D eigenvalue weighted by atomic mass is 79.9. The van der Waals surface area contributed by atoms with Crippen LogP contribution in [-0.2, 0) is 0 Å². The zero-order valence-corrected chi connectivity index (χ0v) is 18.7. The van der Waals surface area contributed by atoms with Crippen molar-refractivity contribution in [2.45, 2.75) is 26.7 Å². The second-order valence-corrected chi connectivity index (χ2v) is 9.25. The van der Waals surface area contributed by atoms with Crippen molar-refractivity contribution in [1.82, 2.24) is 0 Å². The highest BCUT2D eigenvalue weighted by molar-refractivity contribution is 9.28. The monoisotopic (exact) mass is 496 g/mol. The van der Waals surface area contributed by atoms with E-state index < -0.39 is 0 Å². The van der Waals surface area contributed by atoms with Crippen LogP contribution < -0.4 is 18.9 Å². The Labute approximate surface area is 176 Å². The lowest BCUT2D eigenvalue weighted by molar-refractivity contribution is 0.170. The van der Waals surface area contributed by atoms with Crippen LogP contribution in [0.25, 0.3) is 0 Å². The Balaban J connectivity index is 1.83. The number of halogens is 2. The Morgan fingerprint density at radius 3 is 2.59 bits per heavy atom. The van der Waals surface area contributed by atoms with Gasteiger partial charge in [0.25, 0.3) is 0 Å². The lowest BCUT2D eigenvalue weighted by Gasteiger charge is -2.22. The molecule has 0 aliphatic carbocycles. The third-order valence-electron chi connectivity index (χ3n) is 4.21. The molecule has 0 spiro atoms. The predicted octanol–water partition coefficient (Wildman–Crippen LogP) is 6.69. The molecular formula is C21H22Br2O4. The molecule has 0 N–H and O–H groups in total. The largest absolute Gasteiger partial charge is 0.489 e. The smallest absolute Gasteiger partial charge is 0.167 e. The summed E-state index contributed by atoms with van der Waals surface area (Å²) >= 11 is 6.67. The first-order valence-electron chi connectivity index (χ1n) is 8.80. The number of hydrogen-bond acceptors (Lipinski definition) is 4. The van der Waals surface area contributed by atoms with E-state index in [4.69, 9.17) is 18.9 Å². The molecule has 0 unspecified atom stereocenters. The first-order chi connectivity index (χ1) is 13.0. The highest BCUT2D eigenvalue weighted by Crippen LogP contribution is 2.41. The van der Waals surface area contributed by atoms with Gasteiger partial charge in [0.2, 0.25) is 0 Å². The first-order valence-corrected chi connectivity index (χ1v) is 10.4. The Hall–Kier alpha value is -1.66. The third-order valence-corrected chi connectivity index (χ3v) is 4.86. The van der Waals surface area contributed by atoms with Gasteiger partial charge >= 0.3 is 0 Å². The second kappa shape index (κ2) is 9.02. The van der Waals surface area contributed by atoms with E-state index in [1.54, 1.807) is 0 Å². The van der Waals surface area contributed by atoms with Crippen LogP contribution in [0, 0.1) is 6.92 Å². The van der Waals surface area contributed by atoms with Gasteiger partial charge in [-0.2, -0.15) is 0 Å². The summed E-state index contributed by atoms with van der Waals surface area (Å²) in [5.74, 6) is 4.21. The van der Waals surface area contributed by atoms with Crippen molar-refractivity contribution < 1.29 is 18.9 Å². The van der Waals surface area contributed by atoms with Crippen LogP contribution in [0.3, 0.4) is 0 Å². The Morgan fingerprint density at radius 2 is 1.85 bits per heavy atom. The Bertz CT molecular complexity index is 842. The van der Waals surface area contributed by atoms with Crippen molar-refractivity contribution in [2.24, 2.45) is 0 Å². The molecule has 0 atom stereocenters. The fraction of sp³-hybridized carbons (Fsp3) is 0.333. The molecule has 0 saturated carbocycles. The lowest BCUT2D eigenvalue weighted by Crippen LogP contribution is -2.16. The first kappa shape index (κ1) is 20.1. The topological polar surface area (TPSA) is 36.9 Å². The van der Waals surface area contributed by atoms with Crippen LogP contribution in [0.15, 0.2) is 39.8 Å². The van der Waals surface area contributed by atoms with Crippen LogP contribution in [0.1, 0.15) is 30.9 Å². The maximum Gasteiger partial charge on any atom is 0.167 e. The van der Waals surface area contributed by atoms with Gasteiger partial charge in [0, 0.05) is 11.1 Å². The van der Waals surface area contributed by atoms with Crippen molar-refractivity contribution in [3.8, 4) is 28.7 Å². The molecule has 1 heterocycles. The van der Waals surface area contributed by atoms with E-state index in [2.05, 4.69) is 45.7 Å². The minimum absolute atomic E-state index is 0.307. The number of rotatable bonds is 6. The van der Waals surface area contributed by atoms with E-state index in [0.717, 1.165) is 43.3 Å². The molecule has 0 saturated heterocycles. The Morgan fingerprint density at radius 1 is 1.11 bits per heavy atom. The molecule has 1 aliphatic heterocycles. The van der Waals surface area contributed by atoms with Gasteiger partial charge < -0.3 is 18.9 Å². The minimum Gasteiger partial charge on any atom is -0.489 e. The molecule has 0 aromatic heterocycles. The van der Waals surface area contributed by atoms with Gasteiger partial charge in [-0.15, -0.1) is 0 Å². The van der Waals surface area contributed by atoms with Gasteiger partial charge in [0.1, 0.15) is 37.1 Å². The fourth-order valence-corrected chi connectivity index (χ4v) is 3.11. The van der Waals surface area contributed by atoms with Crippen LogP contribution in [0.2, 0.25) is 0 Å². The van der Waals surface area contributed by atoms with Crippen molar-refractivity contribution in [3.63, 3.8) is 0 Å². The van der Waals surface area contributed by atoms with Crippen molar-refractivity contribution >= 4 is 31.9 Å². The normalized spacial score (nSPS) is 12.7. The summed E-state index contributed by atoms with van der Waals surface area (Å²) in [5.41, 5.74) is 2.03. The van der Waals surface area contributed by atoms with Gasteiger partial charge in [-0.1, -0.05) is 13.8 Å². The second-order valence-electron chi connectivity index (χ2n) is 6.47. The molecule has 0 bridgehead atoms. The average molecular weight is 498 g/mol. The SMILES string of the molecule is Cc1c(Oc2ccc(OCC=C(Br)Br)c(C(C)C)c2)ccc2c1OCCO2. The molecule has 4 nitrogen and oxygen atoms in total. The maximum absolute atomic E-state index is 6.15. The summed E-state index contributed by atoms with van der Waals surface area (Å²) < 4.78 is 24.3. The van der Waals surface area contributed by atoms with E-state index >= 15 is 0 Å². The summed E-state index contributed by atoms with van der Waals surface area (Å²) in [5, 5.41) is 0. The number of benzene rings is 2. The molecule has 2 aromatic carbocycles. The maximum atomic E-state index is 6.15. The summed E-state index contributed by atoms with van der Waals surface area (Å²) in [4.78, 5) is 0. The van der Waals surface area contributed by atoms with Crippen LogP contribution in [0.4, 0.5) is 0 Å². The summed E-state index contributed by atoms with van der Waals surface area (Å²) in [6.07, 6.45) is 1.91. The van der Waals surface area contributed by atoms with Crippen LogP contribution in [-0.4, -0.2) is 19.8 Å². The van der Waals surface area contributed by atoms with Gasteiger partial charge in [-0.05, 0) is 81.1 Å². The van der Waals surface area contributed by atoms with E-state index in [9.17, 15) is 0 Å². The van der Waals surface area contributed by atoms with Crippen LogP contribution in [0.5, 0.6) is 28.7 Å². The fourth-order valence-electron chi connectivity index (χ4n) is 2.84. The molecule has 2 aromatic rings. The standard InChI is InChI=1S/C21H22Br2O4/c1-13(2)16-12-15(4-5-18(16)24-9-8-20(22)23)27-17-6-7-19-21(14(17)3)26-11-10-25-19/h4-8,12-13H,9-11H2,1-3H3. The number of hydrogen-bond donors (Lipinski definition) is 0. The summed E-state index contributed by atoms with van der Waals surface area (Å²) in [7, 11) is 0. The quantitative estimate of drug-likeness (QED) is 0.445. The molecular weight excluding hydrogens is 476 g/mol. The third kappa shape index (κ3) is 4.99. The van der Waals surface area contributed by atoms with E-state index in [1.165, 1.54) is 0 Å². The summed E-state index contributed by atoms with van der Waals surface area (Å²) in [6, 6.07) is 9.71. The average Bonchev–Trinajstić information content (AvgIpc) is 2.64. The van der Waals surface area contributed by atoms with Crippen LogP contribution >= 0.6 is 31.9 Å². The molecule has 0 radical (unpaired) electrons. The lowest BCUT2D eigenvalue weighted by atomic mass is 10.0. The van der Waals surface area contributed by atoms with Gasteiger partial charge in [-0.25, -0.2) is 0 Å². The number of fused-ring (bicyclic) bond motifs is 1. The molecule has 0 amide bonds. The predicted molar refractivity (Wildman–Crippen MR) is 114 cm³/mol. The molecule has 6 heteroatoms. The van der Waals surface area contributed by atoms with Crippen molar-refractivity contribution in [2.75, 3.05) is 19.8 Å². The summed E-state index contributed by atoms with van der Waals surface area (Å²) in [6.45, 7) is 7.86. The van der Waals surface area contributed by atoms with E-state index in [0.29, 0.717) is 25.7 Å².